The molecule has 0 amide bonds. The summed E-state index contributed by atoms with van der Waals surface area (Å²) in [7, 11) is -3.97. The maximum absolute atomic E-state index is 11.0. The van der Waals surface area contributed by atoms with Crippen molar-refractivity contribution in [3.05, 3.63) is 34.2 Å². The molecule has 0 saturated carbocycles. The largest absolute Gasteiger partial charge is 0.285 e. The van der Waals surface area contributed by atoms with E-state index < -0.39 is 15.4 Å². The van der Waals surface area contributed by atoms with E-state index in [1.807, 2.05) is 31.2 Å². The van der Waals surface area contributed by atoms with Crippen molar-refractivity contribution in [2.45, 2.75) is 18.6 Å². The second kappa shape index (κ2) is 3.47. The van der Waals surface area contributed by atoms with Crippen LogP contribution in [-0.2, 0) is 10.1 Å². The van der Waals surface area contributed by atoms with E-state index in [1.165, 1.54) is 0 Å². The number of benzene rings is 1. The number of fused-ring (bicyclic) bond motifs is 1. The Bertz CT molecular complexity index is 599. The maximum Gasteiger partial charge on any atom is 0.271 e. The summed E-state index contributed by atoms with van der Waals surface area (Å²) >= 11 is 0. The molecule has 0 saturated heterocycles. The molecule has 1 aliphatic carbocycles. The Labute approximate surface area is 88.5 Å². The predicted molar refractivity (Wildman–Crippen MR) is 59.3 cm³/mol. The summed E-state index contributed by atoms with van der Waals surface area (Å²) in [6.07, 6.45) is 3.79. The molecule has 0 aliphatic heterocycles. The van der Waals surface area contributed by atoms with Gasteiger partial charge in [-0.3, -0.25) is 4.55 Å². The minimum Gasteiger partial charge on any atom is -0.285 e. The van der Waals surface area contributed by atoms with Crippen LogP contribution < -0.4 is 10.4 Å². The van der Waals surface area contributed by atoms with Gasteiger partial charge in [-0.05, 0) is 23.8 Å². The summed E-state index contributed by atoms with van der Waals surface area (Å²) in [6, 6.07) is 5.86. The standard InChI is InChI=1S/C11H12O3S/c1-8-2-3-9-4-5-11(15(12,13)14)7-10(9)6-8/h2-4,6-7,11H,5H2,1H3,(H,12,13,14). The van der Waals surface area contributed by atoms with Crippen LogP contribution in [0.15, 0.2) is 18.2 Å². The highest BCUT2D eigenvalue weighted by molar-refractivity contribution is 7.86. The fourth-order valence-electron chi connectivity index (χ4n) is 1.74. The van der Waals surface area contributed by atoms with Crippen LogP contribution in [0.3, 0.4) is 0 Å². The van der Waals surface area contributed by atoms with E-state index in [9.17, 15) is 8.42 Å². The molecule has 1 aliphatic rings. The van der Waals surface area contributed by atoms with E-state index in [1.54, 1.807) is 6.08 Å². The van der Waals surface area contributed by atoms with Crippen LogP contribution in [0.2, 0.25) is 0 Å². The summed E-state index contributed by atoms with van der Waals surface area (Å²) < 4.78 is 30.9. The predicted octanol–water partition coefficient (Wildman–Crippen LogP) is 0.216. The van der Waals surface area contributed by atoms with Crippen molar-refractivity contribution >= 4 is 22.3 Å². The molecule has 0 fully saturated rings. The van der Waals surface area contributed by atoms with Gasteiger partial charge in [0.1, 0.15) is 5.25 Å². The zero-order valence-electron chi connectivity index (χ0n) is 8.34. The van der Waals surface area contributed by atoms with E-state index in [0.29, 0.717) is 6.42 Å². The van der Waals surface area contributed by atoms with Gasteiger partial charge in [0.15, 0.2) is 0 Å². The highest BCUT2D eigenvalue weighted by Crippen LogP contribution is 2.08. The van der Waals surface area contributed by atoms with E-state index in [-0.39, 0.29) is 0 Å². The zero-order valence-corrected chi connectivity index (χ0v) is 9.16. The molecule has 0 bridgehead atoms. The van der Waals surface area contributed by atoms with Crippen molar-refractivity contribution in [3.63, 3.8) is 0 Å². The van der Waals surface area contributed by atoms with Crippen LogP contribution >= 0.6 is 0 Å². The van der Waals surface area contributed by atoms with Gasteiger partial charge >= 0.3 is 0 Å². The van der Waals surface area contributed by atoms with Crippen molar-refractivity contribution < 1.29 is 13.0 Å². The molecule has 1 unspecified atom stereocenters. The normalized spacial score (nSPS) is 20.0. The van der Waals surface area contributed by atoms with Crippen molar-refractivity contribution in [2.75, 3.05) is 0 Å². The third-order valence-corrected chi connectivity index (χ3v) is 3.65. The molecular formula is C11H12O3S. The highest BCUT2D eigenvalue weighted by atomic mass is 32.2. The smallest absolute Gasteiger partial charge is 0.271 e. The number of hydrogen-bond acceptors (Lipinski definition) is 2. The Balaban J connectivity index is 2.62. The van der Waals surface area contributed by atoms with Gasteiger partial charge < -0.3 is 0 Å². The van der Waals surface area contributed by atoms with Gasteiger partial charge in [0.25, 0.3) is 10.1 Å². The average molecular weight is 224 g/mol. The topological polar surface area (TPSA) is 54.4 Å². The van der Waals surface area contributed by atoms with Crippen LogP contribution in [0.1, 0.15) is 12.0 Å². The van der Waals surface area contributed by atoms with E-state index in [2.05, 4.69) is 0 Å². The molecule has 80 valence electrons. The SMILES string of the molecule is Cc1ccc2c(c1)=CC(S(=O)(=O)O)CC=2. The molecule has 0 aromatic heterocycles. The minimum absolute atomic E-state index is 0.342. The molecule has 1 atom stereocenters. The molecular weight excluding hydrogens is 212 g/mol. The first kappa shape index (κ1) is 10.4. The van der Waals surface area contributed by atoms with Crippen LogP contribution in [-0.4, -0.2) is 18.2 Å². The molecule has 4 heteroatoms. The third-order valence-electron chi connectivity index (χ3n) is 2.56. The van der Waals surface area contributed by atoms with Gasteiger partial charge in [-0.15, -0.1) is 0 Å². The number of hydrogen-bond donors (Lipinski definition) is 1. The van der Waals surface area contributed by atoms with Crippen LogP contribution in [0.25, 0.3) is 12.2 Å². The number of aryl methyl sites for hydroxylation is 1. The van der Waals surface area contributed by atoms with Gasteiger partial charge in [0.2, 0.25) is 0 Å². The fraction of sp³-hybridized carbons (Fsp3) is 0.273. The summed E-state index contributed by atoms with van der Waals surface area (Å²) in [5.74, 6) is 0. The monoisotopic (exact) mass is 224 g/mol. The summed E-state index contributed by atoms with van der Waals surface area (Å²) in [4.78, 5) is 0. The van der Waals surface area contributed by atoms with E-state index >= 15 is 0 Å². The highest BCUT2D eigenvalue weighted by Gasteiger charge is 2.20. The molecule has 0 heterocycles. The van der Waals surface area contributed by atoms with Crippen molar-refractivity contribution in [1.82, 2.24) is 0 Å². The summed E-state index contributed by atoms with van der Waals surface area (Å²) in [5, 5.41) is 1.11. The second-order valence-corrected chi connectivity index (χ2v) is 5.43. The van der Waals surface area contributed by atoms with Gasteiger partial charge in [0, 0.05) is 0 Å². The second-order valence-electron chi connectivity index (χ2n) is 3.79. The minimum atomic E-state index is -3.97. The van der Waals surface area contributed by atoms with Gasteiger partial charge in [-0.1, -0.05) is 35.9 Å². The lowest BCUT2D eigenvalue weighted by Crippen LogP contribution is -2.33. The van der Waals surface area contributed by atoms with Crippen molar-refractivity contribution in [2.24, 2.45) is 0 Å². The summed E-state index contributed by atoms with van der Waals surface area (Å²) in [5.41, 5.74) is 1.08. The average Bonchev–Trinajstić information content (AvgIpc) is 2.15. The fourth-order valence-corrected chi connectivity index (χ4v) is 2.40. The van der Waals surface area contributed by atoms with Crippen LogP contribution in [0.5, 0.6) is 0 Å². The lowest BCUT2D eigenvalue weighted by molar-refractivity contribution is 0.477. The maximum atomic E-state index is 11.0. The zero-order chi connectivity index (χ0) is 11.1. The molecule has 2 rings (SSSR count). The van der Waals surface area contributed by atoms with E-state index in [4.69, 9.17) is 4.55 Å². The van der Waals surface area contributed by atoms with Crippen molar-refractivity contribution in [3.8, 4) is 0 Å². The molecule has 3 nitrogen and oxygen atoms in total. The molecule has 0 radical (unpaired) electrons. The molecule has 1 N–H and O–H groups in total. The molecule has 1 aromatic carbocycles. The van der Waals surface area contributed by atoms with Gasteiger partial charge in [-0.2, -0.15) is 8.42 Å². The lowest BCUT2D eigenvalue weighted by Gasteiger charge is -2.10. The van der Waals surface area contributed by atoms with Crippen LogP contribution in [0.4, 0.5) is 0 Å². The number of rotatable bonds is 1. The third kappa shape index (κ3) is 2.11. The Morgan fingerprint density at radius 1 is 1.33 bits per heavy atom. The molecule has 1 aromatic rings. The van der Waals surface area contributed by atoms with Gasteiger partial charge in [-0.25, -0.2) is 0 Å². The first-order valence-electron chi connectivity index (χ1n) is 4.72. The Hall–Kier alpha value is -1.13. The Morgan fingerprint density at radius 3 is 2.73 bits per heavy atom. The first-order chi connectivity index (χ1) is 6.97. The quantitative estimate of drug-likeness (QED) is 0.694. The van der Waals surface area contributed by atoms with E-state index in [0.717, 1.165) is 16.0 Å². The lowest BCUT2D eigenvalue weighted by atomic mass is 10.1. The van der Waals surface area contributed by atoms with Gasteiger partial charge in [0.05, 0.1) is 0 Å². The van der Waals surface area contributed by atoms with Crippen molar-refractivity contribution in [1.29, 1.82) is 0 Å². The Morgan fingerprint density at radius 2 is 2.07 bits per heavy atom. The first-order valence-corrected chi connectivity index (χ1v) is 6.22. The Kier molecular flexibility index (Phi) is 2.40. The molecule has 15 heavy (non-hydrogen) atoms. The van der Waals surface area contributed by atoms with Crippen LogP contribution in [0, 0.1) is 6.92 Å². The molecule has 0 spiro atoms. The summed E-state index contributed by atoms with van der Waals surface area (Å²) in [6.45, 7) is 1.95.